The molecule has 2 aliphatic heterocycles. The monoisotopic (exact) mass is 393 g/mol. The van der Waals surface area contributed by atoms with Gasteiger partial charge < -0.3 is 9.84 Å². The van der Waals surface area contributed by atoms with E-state index >= 15 is 0 Å². The van der Waals surface area contributed by atoms with Gasteiger partial charge in [-0.2, -0.15) is 0 Å². The normalized spacial score (nSPS) is 16.7. The van der Waals surface area contributed by atoms with E-state index in [1.54, 1.807) is 24.3 Å². The Hall–Kier alpha value is -3.92. The van der Waals surface area contributed by atoms with Gasteiger partial charge in [0.2, 0.25) is 0 Å². The van der Waals surface area contributed by atoms with Crippen LogP contribution in [-0.4, -0.2) is 31.8 Å². The highest BCUT2D eigenvalue weighted by atomic mass is 16.6. The molecular formula is C19H11N3O7. The second-order valence-corrected chi connectivity index (χ2v) is 6.74. The van der Waals surface area contributed by atoms with Crippen LogP contribution in [-0.2, 0) is 22.7 Å². The zero-order valence-corrected chi connectivity index (χ0v) is 14.6. The molecule has 0 bridgehead atoms. The van der Waals surface area contributed by atoms with Crippen LogP contribution in [0.2, 0.25) is 0 Å². The third-order valence-electron chi connectivity index (χ3n) is 5.31. The Kier molecular flexibility index (Phi) is 3.43. The number of pyridine rings is 2. The molecule has 0 aliphatic carbocycles. The molecule has 1 aromatic carbocycles. The van der Waals surface area contributed by atoms with Crippen LogP contribution in [0.25, 0.3) is 22.3 Å². The smallest absolute Gasteiger partial charge is 0.340 e. The van der Waals surface area contributed by atoms with Gasteiger partial charge in [-0.15, -0.1) is 0 Å². The van der Waals surface area contributed by atoms with Gasteiger partial charge >= 0.3 is 11.7 Å². The molecule has 0 amide bonds. The number of hydrogen-bond acceptors (Lipinski definition) is 8. The van der Waals surface area contributed by atoms with Gasteiger partial charge in [-0.05, 0) is 6.07 Å². The molecule has 2 aliphatic rings. The van der Waals surface area contributed by atoms with Crippen LogP contribution in [0.5, 0.6) is 0 Å². The number of benzene rings is 1. The Morgan fingerprint density at radius 3 is 2.76 bits per heavy atom. The number of aromatic nitrogens is 2. The van der Waals surface area contributed by atoms with Gasteiger partial charge in [0.1, 0.15) is 18.0 Å². The molecule has 144 valence electrons. The first-order valence-corrected chi connectivity index (χ1v) is 8.59. The molecule has 3 aromatic rings. The summed E-state index contributed by atoms with van der Waals surface area (Å²) in [5.74, 6) is -1.07. The average Bonchev–Trinajstić information content (AvgIpc) is 3.08. The highest BCUT2D eigenvalue weighted by Crippen LogP contribution is 2.44. The zero-order valence-electron chi connectivity index (χ0n) is 14.6. The Labute approximate surface area is 161 Å². The largest absolute Gasteiger partial charge is 0.458 e. The standard InChI is InChI=1S/C19H11N3O7/c23-6-10-8-3-1-2-4-12(8)20-14-9(10)5-21-16(14)15(22(27)28)13-11(18(21)25)7-29-19(26)17(13)24/h1-4,6,17,24H,5,7H2. The number of fused-ring (bicyclic) bond motifs is 5. The van der Waals surface area contributed by atoms with Gasteiger partial charge in [0.25, 0.3) is 5.56 Å². The number of aliphatic hydroxyl groups excluding tert-OH is 1. The summed E-state index contributed by atoms with van der Waals surface area (Å²) >= 11 is 0. The molecule has 1 unspecified atom stereocenters. The second kappa shape index (κ2) is 5.79. The third-order valence-corrected chi connectivity index (χ3v) is 5.31. The first kappa shape index (κ1) is 17.2. The van der Waals surface area contributed by atoms with E-state index in [2.05, 4.69) is 4.98 Å². The van der Waals surface area contributed by atoms with Crippen molar-refractivity contribution in [2.75, 3.05) is 0 Å². The van der Waals surface area contributed by atoms with Crippen molar-refractivity contribution >= 4 is 28.8 Å². The number of para-hydroxylation sites is 1. The maximum atomic E-state index is 13.0. The summed E-state index contributed by atoms with van der Waals surface area (Å²) in [7, 11) is 0. The number of carbonyl (C=O) groups excluding carboxylic acids is 2. The van der Waals surface area contributed by atoms with Gasteiger partial charge in [0.05, 0.1) is 28.1 Å². The van der Waals surface area contributed by atoms with Crippen LogP contribution in [0.15, 0.2) is 29.1 Å². The summed E-state index contributed by atoms with van der Waals surface area (Å²) in [6.45, 7) is -0.564. The topological polar surface area (TPSA) is 142 Å². The van der Waals surface area contributed by atoms with Gasteiger partial charge in [-0.1, -0.05) is 18.2 Å². The minimum Gasteiger partial charge on any atom is -0.458 e. The minimum absolute atomic E-state index is 0.0897. The quantitative estimate of drug-likeness (QED) is 0.232. The Morgan fingerprint density at radius 2 is 2.03 bits per heavy atom. The number of hydrogen-bond donors (Lipinski definition) is 1. The number of cyclic esters (lactones) is 1. The Morgan fingerprint density at radius 1 is 1.28 bits per heavy atom. The van der Waals surface area contributed by atoms with Crippen molar-refractivity contribution in [3.63, 3.8) is 0 Å². The predicted molar refractivity (Wildman–Crippen MR) is 97.3 cm³/mol. The number of esters is 1. The van der Waals surface area contributed by atoms with E-state index in [1.165, 1.54) is 0 Å². The van der Waals surface area contributed by atoms with Gasteiger partial charge in [-0.25, -0.2) is 9.78 Å². The summed E-state index contributed by atoms with van der Waals surface area (Å²) < 4.78 is 5.93. The number of nitro groups is 1. The average molecular weight is 393 g/mol. The van der Waals surface area contributed by atoms with Crippen molar-refractivity contribution in [2.45, 2.75) is 19.3 Å². The third kappa shape index (κ3) is 2.14. The molecule has 0 spiro atoms. The lowest BCUT2D eigenvalue weighted by molar-refractivity contribution is -0.385. The van der Waals surface area contributed by atoms with E-state index in [0.717, 1.165) is 4.57 Å². The van der Waals surface area contributed by atoms with Crippen molar-refractivity contribution in [2.24, 2.45) is 0 Å². The number of rotatable bonds is 2. The number of ether oxygens (including phenoxy) is 1. The fraction of sp³-hybridized carbons (Fsp3) is 0.158. The SMILES string of the molecule is O=Cc1c2c(nc3ccccc13)-c1c([N+](=O)[O-])c3c(c(=O)n1C2)COC(=O)C3O. The molecule has 0 fully saturated rings. The van der Waals surface area contributed by atoms with E-state index in [1.807, 2.05) is 0 Å². The van der Waals surface area contributed by atoms with E-state index in [0.29, 0.717) is 22.8 Å². The van der Waals surface area contributed by atoms with Crippen molar-refractivity contribution in [1.29, 1.82) is 0 Å². The summed E-state index contributed by atoms with van der Waals surface area (Å²) in [5.41, 5.74) is -0.665. The van der Waals surface area contributed by atoms with Crippen LogP contribution < -0.4 is 5.56 Å². The molecule has 4 heterocycles. The van der Waals surface area contributed by atoms with Crippen LogP contribution >= 0.6 is 0 Å². The van der Waals surface area contributed by atoms with Crippen LogP contribution in [0.4, 0.5) is 5.69 Å². The van der Waals surface area contributed by atoms with Crippen LogP contribution in [0, 0.1) is 10.1 Å². The van der Waals surface area contributed by atoms with Gasteiger partial charge in [0, 0.05) is 16.5 Å². The van der Waals surface area contributed by atoms with E-state index in [-0.39, 0.29) is 34.6 Å². The van der Waals surface area contributed by atoms with Crippen molar-refractivity contribution in [3.05, 3.63) is 67.0 Å². The van der Waals surface area contributed by atoms with Gasteiger partial charge in [-0.3, -0.25) is 24.3 Å². The molecule has 10 heteroatoms. The number of nitrogens with zero attached hydrogens (tertiary/aromatic N) is 3. The number of aliphatic hydroxyl groups is 1. The minimum atomic E-state index is -1.95. The lowest BCUT2D eigenvalue weighted by atomic mass is 9.97. The first-order valence-electron chi connectivity index (χ1n) is 8.59. The maximum Gasteiger partial charge on any atom is 0.340 e. The molecular weight excluding hydrogens is 382 g/mol. The molecule has 1 atom stereocenters. The molecule has 5 rings (SSSR count). The van der Waals surface area contributed by atoms with Crippen molar-refractivity contribution in [1.82, 2.24) is 9.55 Å². The zero-order chi connectivity index (χ0) is 20.4. The molecule has 0 saturated carbocycles. The van der Waals surface area contributed by atoms with Crippen molar-refractivity contribution in [3.8, 4) is 11.4 Å². The van der Waals surface area contributed by atoms with Crippen LogP contribution in [0.3, 0.4) is 0 Å². The summed E-state index contributed by atoms with van der Waals surface area (Å²) in [4.78, 5) is 52.3. The maximum absolute atomic E-state index is 13.0. The van der Waals surface area contributed by atoms with E-state index in [4.69, 9.17) is 4.74 Å². The fourth-order valence-electron chi connectivity index (χ4n) is 4.05. The summed E-state index contributed by atoms with van der Waals surface area (Å²) in [6, 6.07) is 6.80. The second-order valence-electron chi connectivity index (χ2n) is 6.74. The first-order chi connectivity index (χ1) is 13.9. The highest BCUT2D eigenvalue weighted by molar-refractivity contribution is 6.01. The fourth-order valence-corrected chi connectivity index (χ4v) is 4.05. The summed E-state index contributed by atoms with van der Waals surface area (Å²) in [5, 5.41) is 22.7. The number of aldehydes is 1. The van der Waals surface area contributed by atoms with E-state index in [9.17, 15) is 29.6 Å². The van der Waals surface area contributed by atoms with E-state index < -0.39 is 34.9 Å². The highest BCUT2D eigenvalue weighted by Gasteiger charge is 2.43. The molecule has 0 saturated heterocycles. The Bertz CT molecular complexity index is 1340. The lowest BCUT2D eigenvalue weighted by Crippen LogP contribution is -2.33. The molecule has 29 heavy (non-hydrogen) atoms. The molecule has 2 aromatic heterocycles. The predicted octanol–water partition coefficient (Wildman–Crippen LogP) is 1.24. The summed E-state index contributed by atoms with van der Waals surface area (Å²) in [6.07, 6.45) is -1.32. The number of carbonyl (C=O) groups is 2. The Balaban J connectivity index is 1.96. The van der Waals surface area contributed by atoms with Crippen LogP contribution in [0.1, 0.15) is 33.2 Å². The van der Waals surface area contributed by atoms with Crippen molar-refractivity contribution < 1.29 is 24.4 Å². The molecule has 0 radical (unpaired) electrons. The van der Waals surface area contributed by atoms with Gasteiger partial charge in [0.15, 0.2) is 12.4 Å². The molecule has 10 nitrogen and oxygen atoms in total. The lowest BCUT2D eigenvalue weighted by Gasteiger charge is -2.21. The molecule has 1 N–H and O–H groups in total.